The average Bonchev–Trinajstić information content (AvgIpc) is 2.70. The molecule has 0 aromatic carbocycles. The lowest BCUT2D eigenvalue weighted by atomic mass is 9.88. The van der Waals surface area contributed by atoms with Crippen LogP contribution in [0.4, 0.5) is 0 Å². The van der Waals surface area contributed by atoms with Gasteiger partial charge in [-0.3, -0.25) is 4.79 Å². The van der Waals surface area contributed by atoms with Gasteiger partial charge in [0.1, 0.15) is 0 Å². The summed E-state index contributed by atoms with van der Waals surface area (Å²) in [6.07, 6.45) is 2.80. The zero-order valence-corrected chi connectivity index (χ0v) is 9.92. The highest BCUT2D eigenvalue weighted by atomic mass is 16.3. The molecule has 2 aliphatic rings. The molecule has 2 fully saturated rings. The fourth-order valence-corrected chi connectivity index (χ4v) is 2.55. The summed E-state index contributed by atoms with van der Waals surface area (Å²) < 4.78 is 0. The lowest BCUT2D eigenvalue weighted by molar-refractivity contribution is -0.158. The first-order valence-electron chi connectivity index (χ1n) is 5.89. The van der Waals surface area contributed by atoms with Gasteiger partial charge >= 0.3 is 0 Å². The maximum absolute atomic E-state index is 11.9. The molecule has 3 heteroatoms. The monoisotopic (exact) mass is 211 g/mol. The molecular formula is C12H21NO2. The molecule has 3 nitrogen and oxygen atoms in total. The van der Waals surface area contributed by atoms with Crippen LogP contribution in [-0.2, 0) is 4.79 Å². The van der Waals surface area contributed by atoms with Crippen molar-refractivity contribution in [3.8, 4) is 0 Å². The summed E-state index contributed by atoms with van der Waals surface area (Å²) in [5.74, 6) is 0.462. The zero-order chi connectivity index (χ0) is 11.3. The molecule has 1 heterocycles. The number of nitrogens with zero attached hydrogens (tertiary/aromatic N) is 1. The molecule has 1 N–H and O–H groups in total. The number of rotatable bonds is 3. The maximum Gasteiger partial charge on any atom is 0.226 e. The Kier molecular flexibility index (Phi) is 2.34. The van der Waals surface area contributed by atoms with Crippen molar-refractivity contribution in [3.05, 3.63) is 0 Å². The van der Waals surface area contributed by atoms with E-state index >= 15 is 0 Å². The second-order valence-electron chi connectivity index (χ2n) is 5.91. The van der Waals surface area contributed by atoms with E-state index in [0.717, 1.165) is 19.3 Å². The minimum Gasteiger partial charge on any atom is -0.386 e. The van der Waals surface area contributed by atoms with E-state index in [1.165, 1.54) is 0 Å². The Morgan fingerprint density at radius 3 is 2.40 bits per heavy atom. The van der Waals surface area contributed by atoms with Crippen LogP contribution in [0.3, 0.4) is 0 Å². The Balaban J connectivity index is 1.82. The van der Waals surface area contributed by atoms with Gasteiger partial charge in [0.25, 0.3) is 0 Å². The molecule has 1 saturated carbocycles. The molecule has 1 amide bonds. The van der Waals surface area contributed by atoms with Crippen molar-refractivity contribution in [3.63, 3.8) is 0 Å². The normalized spacial score (nSPS) is 30.9. The van der Waals surface area contributed by atoms with Gasteiger partial charge < -0.3 is 10.0 Å². The van der Waals surface area contributed by atoms with E-state index in [-0.39, 0.29) is 17.2 Å². The number of hydrogen-bond donors (Lipinski definition) is 1. The van der Waals surface area contributed by atoms with Crippen LogP contribution in [0.5, 0.6) is 0 Å². The third-order valence-corrected chi connectivity index (χ3v) is 3.81. The molecule has 0 bridgehead atoms. The van der Waals surface area contributed by atoms with Crippen LogP contribution in [0.1, 0.15) is 40.0 Å². The third kappa shape index (κ3) is 1.89. The minimum absolute atomic E-state index is 0.204. The highest BCUT2D eigenvalue weighted by Gasteiger charge is 2.55. The largest absolute Gasteiger partial charge is 0.386 e. The molecule has 86 valence electrons. The predicted molar refractivity (Wildman–Crippen MR) is 58.3 cm³/mol. The van der Waals surface area contributed by atoms with Crippen LogP contribution in [-0.4, -0.2) is 34.6 Å². The predicted octanol–water partition coefficient (Wildman–Crippen LogP) is 1.41. The molecule has 0 aromatic rings. The summed E-state index contributed by atoms with van der Waals surface area (Å²) in [6, 6.07) is 0. The van der Waals surface area contributed by atoms with E-state index in [2.05, 4.69) is 20.8 Å². The first-order chi connectivity index (χ1) is 6.88. The second kappa shape index (κ2) is 3.21. The van der Waals surface area contributed by atoms with Gasteiger partial charge in [-0.1, -0.05) is 27.2 Å². The molecule has 1 saturated heterocycles. The average molecular weight is 211 g/mol. The van der Waals surface area contributed by atoms with Gasteiger partial charge in [0.15, 0.2) is 0 Å². The van der Waals surface area contributed by atoms with Gasteiger partial charge in [0.2, 0.25) is 5.91 Å². The molecule has 0 aromatic heterocycles. The van der Waals surface area contributed by atoms with E-state index in [1.807, 2.05) is 4.90 Å². The summed E-state index contributed by atoms with van der Waals surface area (Å²) in [5, 5.41) is 9.97. The van der Waals surface area contributed by atoms with Crippen LogP contribution >= 0.6 is 0 Å². The topological polar surface area (TPSA) is 40.5 Å². The molecular weight excluding hydrogens is 190 g/mol. The van der Waals surface area contributed by atoms with E-state index in [9.17, 15) is 9.90 Å². The number of carbonyl (C=O) groups excluding carboxylic acids is 1. The Morgan fingerprint density at radius 2 is 2.00 bits per heavy atom. The number of likely N-dealkylation sites (tertiary alicyclic amines) is 1. The van der Waals surface area contributed by atoms with E-state index in [0.29, 0.717) is 13.1 Å². The number of amides is 1. The molecule has 0 spiro atoms. The molecule has 15 heavy (non-hydrogen) atoms. The van der Waals surface area contributed by atoms with E-state index < -0.39 is 5.60 Å². The van der Waals surface area contributed by atoms with Crippen molar-refractivity contribution in [2.45, 2.75) is 45.6 Å². The maximum atomic E-state index is 11.9. The SMILES string of the molecule is CCCC1(O)CN(C(=O)C2CC2(C)C)C1. The van der Waals surface area contributed by atoms with Crippen LogP contribution in [0, 0.1) is 11.3 Å². The second-order valence-corrected chi connectivity index (χ2v) is 5.91. The highest BCUT2D eigenvalue weighted by molar-refractivity contribution is 5.83. The van der Waals surface area contributed by atoms with Crippen molar-refractivity contribution in [2.75, 3.05) is 13.1 Å². The van der Waals surface area contributed by atoms with Crippen LogP contribution < -0.4 is 0 Å². The van der Waals surface area contributed by atoms with Crippen LogP contribution in [0.2, 0.25) is 0 Å². The molecule has 1 aliphatic carbocycles. The van der Waals surface area contributed by atoms with Gasteiger partial charge in [0, 0.05) is 5.92 Å². The smallest absolute Gasteiger partial charge is 0.226 e. The summed E-state index contributed by atoms with van der Waals surface area (Å²) in [4.78, 5) is 13.7. The van der Waals surface area contributed by atoms with Crippen molar-refractivity contribution in [2.24, 2.45) is 11.3 Å². The Bertz CT molecular complexity index is 279. The van der Waals surface area contributed by atoms with Crippen LogP contribution in [0.15, 0.2) is 0 Å². The summed E-state index contributed by atoms with van der Waals surface area (Å²) >= 11 is 0. The third-order valence-electron chi connectivity index (χ3n) is 3.81. The summed E-state index contributed by atoms with van der Waals surface area (Å²) in [7, 11) is 0. The van der Waals surface area contributed by atoms with Gasteiger partial charge in [0.05, 0.1) is 18.7 Å². The molecule has 1 unspecified atom stereocenters. The number of β-amino-alcohol motifs (C(OH)–C–C–N with tert-alkyl or cyclic N) is 1. The Labute approximate surface area is 91.5 Å². The van der Waals surface area contributed by atoms with Crippen LogP contribution in [0.25, 0.3) is 0 Å². The standard InChI is InChI=1S/C12H21NO2/c1-4-5-12(15)7-13(8-12)10(14)9-6-11(9,2)3/h9,15H,4-8H2,1-3H3. The highest BCUT2D eigenvalue weighted by Crippen LogP contribution is 2.53. The van der Waals surface area contributed by atoms with Gasteiger partial charge in [-0.05, 0) is 18.3 Å². The van der Waals surface area contributed by atoms with E-state index in [1.54, 1.807) is 0 Å². The fourth-order valence-electron chi connectivity index (χ4n) is 2.55. The van der Waals surface area contributed by atoms with Gasteiger partial charge in [-0.2, -0.15) is 0 Å². The first-order valence-corrected chi connectivity index (χ1v) is 5.89. The van der Waals surface area contributed by atoms with Crippen molar-refractivity contribution in [1.82, 2.24) is 4.90 Å². The summed E-state index contributed by atoms with van der Waals surface area (Å²) in [5.41, 5.74) is -0.376. The van der Waals surface area contributed by atoms with Crippen molar-refractivity contribution >= 4 is 5.91 Å². The van der Waals surface area contributed by atoms with Crippen molar-refractivity contribution in [1.29, 1.82) is 0 Å². The van der Waals surface area contributed by atoms with E-state index in [4.69, 9.17) is 0 Å². The number of aliphatic hydroxyl groups is 1. The number of hydrogen-bond acceptors (Lipinski definition) is 2. The lowest BCUT2D eigenvalue weighted by Crippen LogP contribution is -2.63. The molecule has 0 radical (unpaired) electrons. The zero-order valence-electron chi connectivity index (χ0n) is 9.92. The van der Waals surface area contributed by atoms with Gasteiger partial charge in [-0.15, -0.1) is 0 Å². The Hall–Kier alpha value is -0.570. The molecule has 1 atom stereocenters. The molecule has 1 aliphatic heterocycles. The molecule has 2 rings (SSSR count). The fraction of sp³-hybridized carbons (Fsp3) is 0.917. The Morgan fingerprint density at radius 1 is 1.47 bits per heavy atom. The summed E-state index contributed by atoms with van der Waals surface area (Å²) in [6.45, 7) is 7.42. The quantitative estimate of drug-likeness (QED) is 0.766. The lowest BCUT2D eigenvalue weighted by Gasteiger charge is -2.46. The van der Waals surface area contributed by atoms with Crippen molar-refractivity contribution < 1.29 is 9.90 Å². The van der Waals surface area contributed by atoms with Gasteiger partial charge in [-0.25, -0.2) is 0 Å². The minimum atomic E-state index is -0.580. The number of carbonyl (C=O) groups is 1. The first kappa shape index (κ1) is 10.9.